The van der Waals surface area contributed by atoms with Crippen LogP contribution in [0.15, 0.2) is 64.2 Å². The van der Waals surface area contributed by atoms with E-state index in [1.54, 1.807) is 18.3 Å². The Morgan fingerprint density at radius 3 is 2.45 bits per heavy atom. The molecule has 0 amide bonds. The number of halogens is 4. The highest BCUT2D eigenvalue weighted by molar-refractivity contribution is 14.1. The van der Waals surface area contributed by atoms with Gasteiger partial charge in [0.05, 0.1) is 23.8 Å². The van der Waals surface area contributed by atoms with Crippen LogP contribution in [0.2, 0.25) is 10.0 Å². The van der Waals surface area contributed by atoms with E-state index in [2.05, 4.69) is 61.2 Å². The van der Waals surface area contributed by atoms with Crippen LogP contribution in [0, 0.1) is 3.57 Å². The van der Waals surface area contributed by atoms with E-state index in [0.29, 0.717) is 41.3 Å². The van der Waals surface area contributed by atoms with Gasteiger partial charge < -0.3 is 14.9 Å². The summed E-state index contributed by atoms with van der Waals surface area (Å²) in [6.07, 6.45) is 1.71. The van der Waals surface area contributed by atoms with E-state index < -0.39 is 0 Å². The zero-order valence-electron chi connectivity index (χ0n) is 16.7. The van der Waals surface area contributed by atoms with E-state index in [4.69, 9.17) is 32.7 Å². The maximum Gasteiger partial charge on any atom is 0.175 e. The highest BCUT2D eigenvalue weighted by Gasteiger charge is 2.12. The summed E-state index contributed by atoms with van der Waals surface area (Å²) in [4.78, 5) is 0. The fourth-order valence-electron chi connectivity index (χ4n) is 2.75. The van der Waals surface area contributed by atoms with Gasteiger partial charge in [-0.05, 0) is 93.0 Å². The van der Waals surface area contributed by atoms with Crippen molar-refractivity contribution in [3.05, 3.63) is 89.4 Å². The molecule has 0 radical (unpaired) electrons. The highest BCUT2D eigenvalue weighted by Crippen LogP contribution is 2.37. The normalized spacial score (nSPS) is 11.0. The minimum atomic E-state index is 0.422. The molecule has 8 heteroatoms. The van der Waals surface area contributed by atoms with Crippen LogP contribution in [0.1, 0.15) is 23.6 Å². The summed E-state index contributed by atoms with van der Waals surface area (Å²) >= 11 is 18.3. The first kappa shape index (κ1) is 24.2. The number of benzene rings is 3. The standard InChI is InChI=1S/C23H20BrCl2IN2O2/c1-2-30-22-11-16(12-28-29-13-18-20(25)4-3-5-21(18)26)10-19(24)23(22)31-14-15-6-8-17(27)9-7-15/h3-12,29H,2,13-14H2,1H3/b28-12-. The molecule has 0 saturated carbocycles. The van der Waals surface area contributed by atoms with Crippen molar-refractivity contribution < 1.29 is 9.47 Å². The van der Waals surface area contributed by atoms with Crippen LogP contribution >= 0.6 is 61.7 Å². The molecular weight excluding hydrogens is 614 g/mol. The fourth-order valence-corrected chi connectivity index (χ4v) is 4.21. The van der Waals surface area contributed by atoms with Crippen LogP contribution in [-0.2, 0) is 13.2 Å². The Balaban J connectivity index is 1.70. The van der Waals surface area contributed by atoms with Crippen LogP contribution in [-0.4, -0.2) is 12.8 Å². The number of ether oxygens (including phenoxy) is 2. The summed E-state index contributed by atoms with van der Waals surface area (Å²) < 4.78 is 13.8. The third kappa shape index (κ3) is 7.00. The monoisotopic (exact) mass is 632 g/mol. The van der Waals surface area contributed by atoms with E-state index in [0.717, 1.165) is 21.2 Å². The van der Waals surface area contributed by atoms with Crippen molar-refractivity contribution >= 4 is 67.9 Å². The van der Waals surface area contributed by atoms with Crippen molar-refractivity contribution in [2.75, 3.05) is 6.61 Å². The van der Waals surface area contributed by atoms with Crippen molar-refractivity contribution in [2.45, 2.75) is 20.1 Å². The minimum Gasteiger partial charge on any atom is -0.490 e. The lowest BCUT2D eigenvalue weighted by Crippen LogP contribution is -2.07. The van der Waals surface area contributed by atoms with Gasteiger partial charge in [0.15, 0.2) is 11.5 Å². The number of rotatable bonds is 9. The van der Waals surface area contributed by atoms with Gasteiger partial charge >= 0.3 is 0 Å². The van der Waals surface area contributed by atoms with Gasteiger partial charge in [-0.1, -0.05) is 41.4 Å². The van der Waals surface area contributed by atoms with Gasteiger partial charge in [0.25, 0.3) is 0 Å². The van der Waals surface area contributed by atoms with Crippen LogP contribution < -0.4 is 14.9 Å². The van der Waals surface area contributed by atoms with Crippen molar-refractivity contribution in [3.63, 3.8) is 0 Å². The molecule has 0 spiro atoms. The molecule has 3 aromatic rings. The minimum absolute atomic E-state index is 0.422. The first-order valence-electron chi connectivity index (χ1n) is 9.50. The molecule has 0 aromatic heterocycles. The molecule has 0 aliphatic heterocycles. The van der Waals surface area contributed by atoms with Gasteiger partial charge in [-0.25, -0.2) is 0 Å². The van der Waals surface area contributed by atoms with Crippen molar-refractivity contribution in [3.8, 4) is 11.5 Å². The second kappa shape index (κ2) is 11.9. The molecule has 162 valence electrons. The first-order chi connectivity index (χ1) is 15.0. The van der Waals surface area contributed by atoms with E-state index in [1.807, 2.05) is 37.3 Å². The summed E-state index contributed by atoms with van der Waals surface area (Å²) in [5, 5.41) is 5.49. The lowest BCUT2D eigenvalue weighted by molar-refractivity contribution is 0.267. The van der Waals surface area contributed by atoms with Gasteiger partial charge in [-0.15, -0.1) is 0 Å². The zero-order chi connectivity index (χ0) is 22.2. The molecule has 31 heavy (non-hydrogen) atoms. The molecule has 1 N–H and O–H groups in total. The maximum absolute atomic E-state index is 6.19. The SMILES string of the molecule is CCOc1cc(/C=N\NCc2c(Cl)cccc2Cl)cc(Br)c1OCc1ccc(I)cc1. The van der Waals surface area contributed by atoms with Crippen LogP contribution in [0.25, 0.3) is 0 Å². The lowest BCUT2D eigenvalue weighted by Gasteiger charge is -2.15. The number of nitrogens with zero attached hydrogens (tertiary/aromatic N) is 1. The predicted molar refractivity (Wildman–Crippen MR) is 140 cm³/mol. The summed E-state index contributed by atoms with van der Waals surface area (Å²) in [5.74, 6) is 1.31. The molecule has 0 aliphatic carbocycles. The largest absolute Gasteiger partial charge is 0.490 e. The van der Waals surface area contributed by atoms with Crippen molar-refractivity contribution in [1.82, 2.24) is 5.43 Å². The third-order valence-electron chi connectivity index (χ3n) is 4.25. The number of hydrogen-bond donors (Lipinski definition) is 1. The third-order valence-corrected chi connectivity index (χ3v) is 6.27. The number of nitrogens with one attached hydrogen (secondary N) is 1. The Hall–Kier alpha value is -1.48. The maximum atomic E-state index is 6.19. The van der Waals surface area contributed by atoms with Gasteiger partial charge in [-0.3, -0.25) is 0 Å². The van der Waals surface area contributed by atoms with Crippen LogP contribution in [0.3, 0.4) is 0 Å². The quantitative estimate of drug-likeness (QED) is 0.151. The second-order valence-corrected chi connectivity index (χ2v) is 9.39. The Morgan fingerprint density at radius 2 is 1.77 bits per heavy atom. The Kier molecular flexibility index (Phi) is 9.31. The molecule has 0 unspecified atom stereocenters. The van der Waals surface area contributed by atoms with Gasteiger partial charge in [-0.2, -0.15) is 5.10 Å². The summed E-state index contributed by atoms with van der Waals surface area (Å²) in [6, 6.07) is 17.4. The summed E-state index contributed by atoms with van der Waals surface area (Å²) in [5.41, 5.74) is 5.73. The molecule has 0 atom stereocenters. The highest BCUT2D eigenvalue weighted by atomic mass is 127. The average molecular weight is 634 g/mol. The van der Waals surface area contributed by atoms with Gasteiger partial charge in [0.2, 0.25) is 0 Å². The molecule has 4 nitrogen and oxygen atoms in total. The van der Waals surface area contributed by atoms with Crippen LogP contribution in [0.4, 0.5) is 0 Å². The molecular formula is C23H20BrCl2IN2O2. The molecule has 3 aromatic carbocycles. The molecule has 0 saturated heterocycles. The second-order valence-electron chi connectivity index (χ2n) is 6.47. The number of hydrogen-bond acceptors (Lipinski definition) is 4. The molecule has 0 bridgehead atoms. The topological polar surface area (TPSA) is 42.8 Å². The summed E-state index contributed by atoms with van der Waals surface area (Å²) in [6.45, 7) is 3.33. The van der Waals surface area contributed by atoms with Gasteiger partial charge in [0.1, 0.15) is 6.61 Å². The first-order valence-corrected chi connectivity index (χ1v) is 12.1. The average Bonchev–Trinajstić information content (AvgIpc) is 2.74. The Labute approximate surface area is 214 Å². The molecule has 3 rings (SSSR count). The smallest absolute Gasteiger partial charge is 0.175 e. The fraction of sp³-hybridized carbons (Fsp3) is 0.174. The Bertz CT molecular complexity index is 1040. The Morgan fingerprint density at radius 1 is 1.06 bits per heavy atom. The molecule has 0 heterocycles. The zero-order valence-corrected chi connectivity index (χ0v) is 21.9. The molecule has 0 aliphatic rings. The van der Waals surface area contributed by atoms with E-state index in [1.165, 1.54) is 3.57 Å². The molecule has 0 fully saturated rings. The predicted octanol–water partition coefficient (Wildman–Crippen LogP) is 7.46. The summed E-state index contributed by atoms with van der Waals surface area (Å²) in [7, 11) is 0. The van der Waals surface area contributed by atoms with E-state index >= 15 is 0 Å². The number of hydrazone groups is 1. The van der Waals surface area contributed by atoms with Crippen molar-refractivity contribution in [2.24, 2.45) is 5.10 Å². The van der Waals surface area contributed by atoms with E-state index in [9.17, 15) is 0 Å². The van der Waals surface area contributed by atoms with Gasteiger partial charge in [0, 0.05) is 19.2 Å². The van der Waals surface area contributed by atoms with Crippen molar-refractivity contribution in [1.29, 1.82) is 0 Å². The van der Waals surface area contributed by atoms with Crippen LogP contribution in [0.5, 0.6) is 11.5 Å². The lowest BCUT2D eigenvalue weighted by atomic mass is 10.2. The van der Waals surface area contributed by atoms with E-state index in [-0.39, 0.29) is 0 Å².